The number of aryl methyl sites for hydroxylation is 1. The van der Waals surface area contributed by atoms with Crippen LogP contribution in [0.15, 0.2) is 36.8 Å². The highest BCUT2D eigenvalue weighted by atomic mass is 16.1. The van der Waals surface area contributed by atoms with Crippen LogP contribution in [-0.2, 0) is 17.6 Å². The number of H-pyrrole nitrogens is 1. The van der Waals surface area contributed by atoms with Crippen LogP contribution in [0.2, 0.25) is 0 Å². The molecule has 0 aliphatic rings. The van der Waals surface area contributed by atoms with E-state index in [-0.39, 0.29) is 5.91 Å². The van der Waals surface area contributed by atoms with Gasteiger partial charge in [-0.2, -0.15) is 5.10 Å². The third kappa shape index (κ3) is 4.91. The average Bonchev–Trinajstić information content (AvgIpc) is 2.93. The Morgan fingerprint density at radius 1 is 1.32 bits per heavy atom. The Labute approximate surface area is 112 Å². The van der Waals surface area contributed by atoms with Crippen molar-refractivity contribution in [2.45, 2.75) is 25.7 Å². The van der Waals surface area contributed by atoms with Crippen molar-refractivity contribution in [3.63, 3.8) is 0 Å². The smallest absolute Gasteiger partial charge is 0.220 e. The molecular weight excluding hydrogens is 240 g/mol. The lowest BCUT2D eigenvalue weighted by Crippen LogP contribution is -2.25. The fourth-order valence-electron chi connectivity index (χ4n) is 1.83. The zero-order chi connectivity index (χ0) is 13.3. The molecule has 0 unspecified atom stereocenters. The Bertz CT molecular complexity index is 481. The largest absolute Gasteiger partial charge is 0.356 e. The lowest BCUT2D eigenvalue weighted by atomic mass is 10.1. The third-order valence-corrected chi connectivity index (χ3v) is 2.85. The highest BCUT2D eigenvalue weighted by molar-refractivity contribution is 5.75. The second-order valence-corrected chi connectivity index (χ2v) is 4.38. The SMILES string of the molecule is O=C(CCCc1cn[nH]c1)NCCc1ccccn1. The summed E-state index contributed by atoms with van der Waals surface area (Å²) in [5.41, 5.74) is 2.14. The molecule has 2 aromatic heterocycles. The molecule has 5 heteroatoms. The molecule has 1 amide bonds. The summed E-state index contributed by atoms with van der Waals surface area (Å²) < 4.78 is 0. The number of hydrogen-bond acceptors (Lipinski definition) is 3. The van der Waals surface area contributed by atoms with Gasteiger partial charge in [-0.05, 0) is 30.5 Å². The van der Waals surface area contributed by atoms with E-state index < -0.39 is 0 Å². The maximum absolute atomic E-state index is 11.6. The van der Waals surface area contributed by atoms with E-state index in [0.717, 1.165) is 30.5 Å². The first-order chi connectivity index (χ1) is 9.34. The maximum Gasteiger partial charge on any atom is 0.220 e. The molecule has 0 aromatic carbocycles. The summed E-state index contributed by atoms with van der Waals surface area (Å²) in [4.78, 5) is 15.8. The zero-order valence-electron chi connectivity index (χ0n) is 10.8. The van der Waals surface area contributed by atoms with E-state index >= 15 is 0 Å². The van der Waals surface area contributed by atoms with Gasteiger partial charge in [0.1, 0.15) is 0 Å². The molecule has 0 fully saturated rings. The molecule has 19 heavy (non-hydrogen) atoms. The van der Waals surface area contributed by atoms with Gasteiger partial charge in [0, 0.05) is 37.5 Å². The van der Waals surface area contributed by atoms with Crippen LogP contribution in [0.5, 0.6) is 0 Å². The van der Waals surface area contributed by atoms with Crippen molar-refractivity contribution >= 4 is 5.91 Å². The number of aromatic nitrogens is 3. The van der Waals surface area contributed by atoms with Crippen molar-refractivity contribution in [3.8, 4) is 0 Å². The Balaban J connectivity index is 1.57. The molecular formula is C14H18N4O. The van der Waals surface area contributed by atoms with Gasteiger partial charge in [0.15, 0.2) is 0 Å². The molecule has 0 spiro atoms. The molecule has 2 heterocycles. The van der Waals surface area contributed by atoms with Crippen LogP contribution in [0, 0.1) is 0 Å². The van der Waals surface area contributed by atoms with Crippen molar-refractivity contribution in [2.75, 3.05) is 6.54 Å². The molecule has 0 aliphatic heterocycles. The predicted molar refractivity (Wildman–Crippen MR) is 72.5 cm³/mol. The minimum atomic E-state index is 0.0967. The van der Waals surface area contributed by atoms with E-state index in [4.69, 9.17) is 0 Å². The lowest BCUT2D eigenvalue weighted by Gasteiger charge is -2.04. The summed E-state index contributed by atoms with van der Waals surface area (Å²) >= 11 is 0. The molecule has 2 aromatic rings. The maximum atomic E-state index is 11.6. The third-order valence-electron chi connectivity index (χ3n) is 2.85. The minimum Gasteiger partial charge on any atom is -0.356 e. The van der Waals surface area contributed by atoms with Crippen LogP contribution in [0.3, 0.4) is 0 Å². The summed E-state index contributed by atoms with van der Waals surface area (Å²) in [5, 5.41) is 9.54. The molecule has 0 saturated heterocycles. The number of amides is 1. The van der Waals surface area contributed by atoms with E-state index in [1.165, 1.54) is 0 Å². The van der Waals surface area contributed by atoms with E-state index in [0.29, 0.717) is 13.0 Å². The fourth-order valence-corrected chi connectivity index (χ4v) is 1.83. The Morgan fingerprint density at radius 3 is 3.00 bits per heavy atom. The van der Waals surface area contributed by atoms with Crippen LogP contribution in [-0.4, -0.2) is 27.6 Å². The molecule has 0 aliphatic carbocycles. The first-order valence-electron chi connectivity index (χ1n) is 6.49. The molecule has 2 rings (SSSR count). The second-order valence-electron chi connectivity index (χ2n) is 4.38. The number of aromatic amines is 1. The molecule has 0 atom stereocenters. The number of hydrogen-bond donors (Lipinski definition) is 2. The van der Waals surface area contributed by atoms with Crippen molar-refractivity contribution < 1.29 is 4.79 Å². The molecule has 5 nitrogen and oxygen atoms in total. The van der Waals surface area contributed by atoms with Crippen LogP contribution in [0.4, 0.5) is 0 Å². The lowest BCUT2D eigenvalue weighted by molar-refractivity contribution is -0.121. The Hall–Kier alpha value is -2.17. The number of nitrogens with one attached hydrogen (secondary N) is 2. The highest BCUT2D eigenvalue weighted by Gasteiger charge is 2.02. The van der Waals surface area contributed by atoms with Crippen molar-refractivity contribution in [3.05, 3.63) is 48.0 Å². The van der Waals surface area contributed by atoms with Gasteiger partial charge in [0.2, 0.25) is 5.91 Å². The van der Waals surface area contributed by atoms with Gasteiger partial charge in [-0.1, -0.05) is 6.07 Å². The molecule has 0 radical (unpaired) electrons. The van der Waals surface area contributed by atoms with E-state index in [1.54, 1.807) is 12.4 Å². The summed E-state index contributed by atoms with van der Waals surface area (Å²) in [5.74, 6) is 0.0967. The number of pyridine rings is 1. The molecule has 2 N–H and O–H groups in total. The zero-order valence-corrected chi connectivity index (χ0v) is 10.8. The summed E-state index contributed by atoms with van der Waals surface area (Å²) in [6, 6.07) is 5.80. The molecule has 0 bridgehead atoms. The van der Waals surface area contributed by atoms with Gasteiger partial charge < -0.3 is 5.32 Å². The van der Waals surface area contributed by atoms with Gasteiger partial charge >= 0.3 is 0 Å². The van der Waals surface area contributed by atoms with Gasteiger partial charge in [-0.15, -0.1) is 0 Å². The van der Waals surface area contributed by atoms with Gasteiger partial charge in [-0.3, -0.25) is 14.9 Å². The highest BCUT2D eigenvalue weighted by Crippen LogP contribution is 2.01. The van der Waals surface area contributed by atoms with Crippen LogP contribution >= 0.6 is 0 Å². The van der Waals surface area contributed by atoms with Gasteiger partial charge in [0.25, 0.3) is 0 Å². The monoisotopic (exact) mass is 258 g/mol. The minimum absolute atomic E-state index is 0.0967. The van der Waals surface area contributed by atoms with Crippen molar-refractivity contribution in [1.29, 1.82) is 0 Å². The normalized spacial score (nSPS) is 10.3. The average molecular weight is 258 g/mol. The second kappa shape index (κ2) is 7.31. The van der Waals surface area contributed by atoms with Crippen LogP contribution in [0.1, 0.15) is 24.1 Å². The van der Waals surface area contributed by atoms with Crippen LogP contribution in [0.25, 0.3) is 0 Å². The molecule has 0 saturated carbocycles. The topological polar surface area (TPSA) is 70.7 Å². The van der Waals surface area contributed by atoms with Crippen LogP contribution < -0.4 is 5.32 Å². The molecule has 100 valence electrons. The number of carbonyl (C=O) groups is 1. The number of rotatable bonds is 7. The Kier molecular flexibility index (Phi) is 5.10. The summed E-state index contributed by atoms with van der Waals surface area (Å²) in [6.45, 7) is 0.640. The van der Waals surface area contributed by atoms with Gasteiger partial charge in [-0.25, -0.2) is 0 Å². The number of nitrogens with zero attached hydrogens (tertiary/aromatic N) is 2. The number of carbonyl (C=O) groups excluding carboxylic acids is 1. The van der Waals surface area contributed by atoms with E-state index in [1.807, 2.05) is 24.4 Å². The van der Waals surface area contributed by atoms with E-state index in [2.05, 4.69) is 20.5 Å². The first-order valence-corrected chi connectivity index (χ1v) is 6.49. The standard InChI is InChI=1S/C14H18N4O/c19-14(6-3-4-12-10-17-18-11-12)16-9-7-13-5-1-2-8-15-13/h1-2,5,8,10-11H,3-4,6-7,9H2,(H,16,19)(H,17,18). The van der Waals surface area contributed by atoms with E-state index in [9.17, 15) is 4.79 Å². The first kappa shape index (κ1) is 13.3. The fraction of sp³-hybridized carbons (Fsp3) is 0.357. The van der Waals surface area contributed by atoms with Gasteiger partial charge in [0.05, 0.1) is 6.20 Å². The summed E-state index contributed by atoms with van der Waals surface area (Å²) in [6.07, 6.45) is 8.46. The predicted octanol–water partition coefficient (Wildman–Crippen LogP) is 1.49. The van der Waals surface area contributed by atoms with Crippen molar-refractivity contribution in [2.24, 2.45) is 0 Å². The summed E-state index contributed by atoms with van der Waals surface area (Å²) in [7, 11) is 0. The van der Waals surface area contributed by atoms with Crippen molar-refractivity contribution in [1.82, 2.24) is 20.5 Å². The Morgan fingerprint density at radius 2 is 2.26 bits per heavy atom. The quantitative estimate of drug-likeness (QED) is 0.790.